The highest BCUT2D eigenvalue weighted by molar-refractivity contribution is 5.70. The van der Waals surface area contributed by atoms with Crippen molar-refractivity contribution >= 4 is 6.09 Å². The first kappa shape index (κ1) is 25.9. The lowest BCUT2D eigenvalue weighted by molar-refractivity contribution is 0.0218. The van der Waals surface area contributed by atoms with Crippen LogP contribution in [0.25, 0.3) is 22.5 Å². The fourth-order valence-corrected chi connectivity index (χ4v) is 6.43. The van der Waals surface area contributed by atoms with Gasteiger partial charge in [0.25, 0.3) is 0 Å². The average Bonchev–Trinajstić information content (AvgIpc) is 3.76. The SMILES string of the molecule is CC(C)(C)OC(=O)N1CCC[C@@H]1c1ncc(-c2ccc3c(c2)Cc2cc(-c4cnc(C5CCCC5)[nH]4)ccc2O3)[nH]1. The third-order valence-corrected chi connectivity index (χ3v) is 8.47. The van der Waals surface area contributed by atoms with Crippen LogP contribution in [0.1, 0.15) is 94.0 Å². The van der Waals surface area contributed by atoms with Crippen LogP contribution in [0.3, 0.4) is 0 Å². The summed E-state index contributed by atoms with van der Waals surface area (Å²) < 4.78 is 11.9. The number of hydrogen-bond acceptors (Lipinski definition) is 5. The van der Waals surface area contributed by atoms with Gasteiger partial charge in [0.2, 0.25) is 0 Å². The van der Waals surface area contributed by atoms with Crippen molar-refractivity contribution in [1.82, 2.24) is 24.8 Å². The molecule has 1 amide bonds. The van der Waals surface area contributed by atoms with Crippen LogP contribution >= 0.6 is 0 Å². The van der Waals surface area contributed by atoms with Crippen molar-refractivity contribution in [3.05, 3.63) is 71.6 Å². The van der Waals surface area contributed by atoms with Crippen LogP contribution in [-0.2, 0) is 11.2 Å². The molecule has 0 bridgehead atoms. The molecule has 1 saturated heterocycles. The number of carbonyl (C=O) groups excluding carboxylic acids is 1. The highest BCUT2D eigenvalue weighted by atomic mass is 16.6. The Morgan fingerprint density at radius 1 is 0.878 bits per heavy atom. The van der Waals surface area contributed by atoms with E-state index in [2.05, 4.69) is 45.3 Å². The number of nitrogens with zero attached hydrogens (tertiary/aromatic N) is 3. The van der Waals surface area contributed by atoms with Crippen LogP contribution in [0, 0.1) is 0 Å². The van der Waals surface area contributed by atoms with Gasteiger partial charge in [-0.2, -0.15) is 0 Å². The van der Waals surface area contributed by atoms with Gasteiger partial charge in [-0.1, -0.05) is 12.8 Å². The van der Waals surface area contributed by atoms with Crippen LogP contribution in [0.15, 0.2) is 48.8 Å². The number of amides is 1. The van der Waals surface area contributed by atoms with Crippen molar-refractivity contribution in [2.24, 2.45) is 0 Å². The molecule has 8 nitrogen and oxygen atoms in total. The second-order valence-corrected chi connectivity index (χ2v) is 12.6. The number of fused-ring (bicyclic) bond motifs is 2. The molecular weight excluding hydrogens is 514 g/mol. The number of carbonyl (C=O) groups is 1. The van der Waals surface area contributed by atoms with E-state index in [0.29, 0.717) is 12.5 Å². The summed E-state index contributed by atoms with van der Waals surface area (Å²) in [7, 11) is 0. The van der Waals surface area contributed by atoms with Crippen LogP contribution in [0.4, 0.5) is 4.79 Å². The number of ether oxygens (including phenoxy) is 2. The summed E-state index contributed by atoms with van der Waals surface area (Å²) in [5, 5.41) is 0. The van der Waals surface area contributed by atoms with Gasteiger partial charge < -0.3 is 19.4 Å². The molecule has 1 atom stereocenters. The molecule has 4 aromatic rings. The molecule has 0 spiro atoms. The number of aromatic nitrogens is 4. The normalized spacial score (nSPS) is 18.7. The Labute approximate surface area is 240 Å². The standard InChI is InChI=1S/C33H37N5O3/c1-33(2,3)41-32(39)38-14-6-9-27(38)31-35-19-26(37-31)22-11-13-29-24(16-22)17-23-15-21(10-12-28(23)40-29)25-18-34-30(36-25)20-7-4-5-8-20/h10-13,15-16,18-20,27H,4-9,14,17H2,1-3H3,(H,34,36)(H,35,37)/t27-/m1/s1. The molecule has 7 rings (SSSR count). The Hall–Kier alpha value is -4.07. The predicted molar refractivity (Wildman–Crippen MR) is 157 cm³/mol. The zero-order valence-electron chi connectivity index (χ0n) is 24.0. The van der Waals surface area contributed by atoms with E-state index in [-0.39, 0.29) is 12.1 Å². The van der Waals surface area contributed by atoms with Crippen molar-refractivity contribution in [2.45, 2.75) is 83.3 Å². The van der Waals surface area contributed by atoms with Gasteiger partial charge in [0.05, 0.1) is 29.8 Å². The molecule has 0 unspecified atom stereocenters. The van der Waals surface area contributed by atoms with Gasteiger partial charge >= 0.3 is 6.09 Å². The average molecular weight is 552 g/mol. The van der Waals surface area contributed by atoms with Crippen molar-refractivity contribution < 1.29 is 14.3 Å². The topological polar surface area (TPSA) is 96.1 Å². The molecule has 2 aromatic heterocycles. The molecule has 1 aliphatic carbocycles. The van der Waals surface area contributed by atoms with Crippen LogP contribution in [0.5, 0.6) is 11.5 Å². The Balaban J connectivity index is 1.10. The zero-order chi connectivity index (χ0) is 28.1. The van der Waals surface area contributed by atoms with E-state index in [1.165, 1.54) is 25.7 Å². The largest absolute Gasteiger partial charge is 0.457 e. The predicted octanol–water partition coefficient (Wildman–Crippen LogP) is 7.89. The van der Waals surface area contributed by atoms with Gasteiger partial charge in [-0.15, -0.1) is 0 Å². The molecule has 41 heavy (non-hydrogen) atoms. The lowest BCUT2D eigenvalue weighted by Crippen LogP contribution is -2.36. The number of benzene rings is 2. The minimum absolute atomic E-state index is 0.110. The fourth-order valence-electron chi connectivity index (χ4n) is 6.43. The summed E-state index contributed by atoms with van der Waals surface area (Å²) in [6.07, 6.45) is 11.2. The van der Waals surface area contributed by atoms with E-state index in [1.54, 1.807) is 4.90 Å². The van der Waals surface area contributed by atoms with E-state index in [1.807, 2.05) is 39.2 Å². The summed E-state index contributed by atoms with van der Waals surface area (Å²) in [5.74, 6) is 4.26. The maximum atomic E-state index is 12.8. The number of aromatic amines is 2. The van der Waals surface area contributed by atoms with Gasteiger partial charge in [-0.3, -0.25) is 4.90 Å². The molecule has 3 aliphatic rings. The summed E-state index contributed by atoms with van der Waals surface area (Å²) >= 11 is 0. The Bertz CT molecular complexity index is 1590. The second kappa shape index (κ2) is 10.1. The Kier molecular flexibility index (Phi) is 6.36. The first-order valence-corrected chi connectivity index (χ1v) is 14.8. The second-order valence-electron chi connectivity index (χ2n) is 12.6. The van der Waals surface area contributed by atoms with Crippen LogP contribution in [-0.4, -0.2) is 43.1 Å². The van der Waals surface area contributed by atoms with Crippen molar-refractivity contribution in [3.63, 3.8) is 0 Å². The molecule has 212 valence electrons. The Morgan fingerprint density at radius 2 is 1.49 bits per heavy atom. The molecule has 2 fully saturated rings. The van der Waals surface area contributed by atoms with E-state index >= 15 is 0 Å². The number of hydrogen-bond donors (Lipinski definition) is 2. The third-order valence-electron chi connectivity index (χ3n) is 8.47. The van der Waals surface area contributed by atoms with Crippen molar-refractivity contribution in [1.29, 1.82) is 0 Å². The van der Waals surface area contributed by atoms with E-state index in [9.17, 15) is 4.79 Å². The van der Waals surface area contributed by atoms with Gasteiger partial charge in [0.15, 0.2) is 0 Å². The highest BCUT2D eigenvalue weighted by Gasteiger charge is 2.35. The lowest BCUT2D eigenvalue weighted by atomic mass is 9.96. The molecule has 4 heterocycles. The highest BCUT2D eigenvalue weighted by Crippen LogP contribution is 2.41. The molecule has 8 heteroatoms. The van der Waals surface area contributed by atoms with E-state index < -0.39 is 5.60 Å². The first-order valence-electron chi connectivity index (χ1n) is 14.8. The van der Waals surface area contributed by atoms with Crippen LogP contribution < -0.4 is 4.74 Å². The number of likely N-dealkylation sites (tertiary alicyclic amines) is 1. The molecule has 2 N–H and O–H groups in total. The molecule has 0 radical (unpaired) electrons. The van der Waals surface area contributed by atoms with Gasteiger partial charge in [-0.25, -0.2) is 14.8 Å². The minimum Gasteiger partial charge on any atom is -0.457 e. The fraction of sp³-hybridized carbons (Fsp3) is 0.424. The molecular formula is C33H37N5O3. The number of H-pyrrole nitrogens is 2. The quantitative estimate of drug-likeness (QED) is 0.237. The molecule has 2 aromatic carbocycles. The number of nitrogens with one attached hydrogen (secondary N) is 2. The smallest absolute Gasteiger partial charge is 0.410 e. The lowest BCUT2D eigenvalue weighted by Gasteiger charge is -2.27. The van der Waals surface area contributed by atoms with Crippen molar-refractivity contribution in [2.75, 3.05) is 6.54 Å². The summed E-state index contributed by atoms with van der Waals surface area (Å²) in [4.78, 5) is 31.0. The van der Waals surface area contributed by atoms with E-state index in [0.717, 1.165) is 76.1 Å². The summed E-state index contributed by atoms with van der Waals surface area (Å²) in [6, 6.07) is 12.6. The van der Waals surface area contributed by atoms with E-state index in [4.69, 9.17) is 14.5 Å². The summed E-state index contributed by atoms with van der Waals surface area (Å²) in [5.41, 5.74) is 5.93. The maximum absolute atomic E-state index is 12.8. The minimum atomic E-state index is -0.528. The first-order chi connectivity index (χ1) is 19.8. The zero-order valence-corrected chi connectivity index (χ0v) is 24.0. The maximum Gasteiger partial charge on any atom is 0.410 e. The molecule has 2 aliphatic heterocycles. The summed E-state index contributed by atoms with van der Waals surface area (Å²) in [6.45, 7) is 6.35. The van der Waals surface area contributed by atoms with Crippen molar-refractivity contribution in [3.8, 4) is 34.0 Å². The van der Waals surface area contributed by atoms with Crippen LogP contribution in [0.2, 0.25) is 0 Å². The number of rotatable bonds is 4. The van der Waals surface area contributed by atoms with Gasteiger partial charge in [0, 0.05) is 30.0 Å². The van der Waals surface area contributed by atoms with Gasteiger partial charge in [-0.05, 0) is 94.0 Å². The third kappa shape index (κ3) is 5.11. The number of imidazole rings is 2. The molecule has 1 saturated carbocycles. The van der Waals surface area contributed by atoms with Gasteiger partial charge in [0.1, 0.15) is 28.7 Å². The Morgan fingerprint density at radius 3 is 2.12 bits per heavy atom. The monoisotopic (exact) mass is 551 g/mol.